The zero-order valence-corrected chi connectivity index (χ0v) is 13.2. The van der Waals surface area contributed by atoms with Gasteiger partial charge in [0, 0.05) is 18.8 Å². The molecular formula is C17H24N4O2. The van der Waals surface area contributed by atoms with Gasteiger partial charge in [-0.15, -0.1) is 0 Å². The largest absolute Gasteiger partial charge is 0.352 e. The first-order valence-electron chi connectivity index (χ1n) is 8.24. The Morgan fingerprint density at radius 1 is 1.26 bits per heavy atom. The third kappa shape index (κ3) is 3.32. The molecule has 1 aliphatic heterocycles. The van der Waals surface area contributed by atoms with Gasteiger partial charge in [0.05, 0.1) is 5.41 Å². The quantitative estimate of drug-likeness (QED) is 0.679. The van der Waals surface area contributed by atoms with Crippen molar-refractivity contribution in [3.63, 3.8) is 0 Å². The Hall–Kier alpha value is -2.08. The van der Waals surface area contributed by atoms with Crippen molar-refractivity contribution < 1.29 is 9.59 Å². The van der Waals surface area contributed by atoms with Crippen LogP contribution in [0.15, 0.2) is 24.3 Å². The van der Waals surface area contributed by atoms with E-state index in [0.717, 1.165) is 43.6 Å². The second kappa shape index (κ2) is 6.58. The third-order valence-corrected chi connectivity index (χ3v) is 5.17. The van der Waals surface area contributed by atoms with E-state index in [1.807, 2.05) is 24.3 Å². The van der Waals surface area contributed by atoms with E-state index in [9.17, 15) is 9.59 Å². The third-order valence-electron chi connectivity index (χ3n) is 5.17. The lowest BCUT2D eigenvalue weighted by atomic mass is 9.67. The van der Waals surface area contributed by atoms with Crippen LogP contribution >= 0.6 is 0 Å². The van der Waals surface area contributed by atoms with E-state index in [0.29, 0.717) is 12.5 Å². The van der Waals surface area contributed by atoms with Crippen LogP contribution < -0.4 is 21.7 Å². The van der Waals surface area contributed by atoms with Gasteiger partial charge in [0.25, 0.3) is 0 Å². The summed E-state index contributed by atoms with van der Waals surface area (Å²) in [6.07, 6.45) is 4.46. The van der Waals surface area contributed by atoms with Crippen LogP contribution in [0.4, 0.5) is 10.5 Å². The Bertz CT molecular complexity index is 587. The number of carbonyl (C=O) groups excluding carboxylic acids is 2. The summed E-state index contributed by atoms with van der Waals surface area (Å²) < 4.78 is 0. The van der Waals surface area contributed by atoms with Crippen molar-refractivity contribution in [3.05, 3.63) is 29.8 Å². The number of urea groups is 1. The minimum Gasteiger partial charge on any atom is -0.352 e. The number of nitrogens with two attached hydrogens (primary N) is 1. The molecule has 1 aromatic rings. The number of anilines is 1. The number of rotatable bonds is 4. The summed E-state index contributed by atoms with van der Waals surface area (Å²) >= 11 is 0. The molecule has 124 valence electrons. The van der Waals surface area contributed by atoms with Crippen molar-refractivity contribution in [2.45, 2.75) is 32.2 Å². The molecule has 6 nitrogen and oxygen atoms in total. The van der Waals surface area contributed by atoms with Crippen molar-refractivity contribution in [3.8, 4) is 0 Å². The molecule has 3 rings (SSSR count). The van der Waals surface area contributed by atoms with Gasteiger partial charge in [-0.1, -0.05) is 25.0 Å². The lowest BCUT2D eigenvalue weighted by Gasteiger charge is -2.37. The molecule has 2 atom stereocenters. The second-order valence-corrected chi connectivity index (χ2v) is 6.60. The minimum absolute atomic E-state index is 0.134. The maximum atomic E-state index is 12.8. The van der Waals surface area contributed by atoms with Crippen LogP contribution in [-0.2, 0) is 11.3 Å². The van der Waals surface area contributed by atoms with Gasteiger partial charge in [-0.25, -0.2) is 4.79 Å². The fourth-order valence-corrected chi connectivity index (χ4v) is 3.84. The number of fused-ring (bicyclic) bond motifs is 1. The van der Waals surface area contributed by atoms with Crippen molar-refractivity contribution in [2.24, 2.45) is 17.1 Å². The van der Waals surface area contributed by atoms with E-state index >= 15 is 0 Å². The maximum absolute atomic E-state index is 12.8. The predicted octanol–water partition coefficient (Wildman–Crippen LogP) is 1.57. The Balaban J connectivity index is 1.64. The molecular weight excluding hydrogens is 292 g/mol. The Morgan fingerprint density at radius 2 is 2.04 bits per heavy atom. The molecule has 0 unspecified atom stereocenters. The first-order valence-corrected chi connectivity index (χ1v) is 8.24. The van der Waals surface area contributed by atoms with E-state index in [4.69, 9.17) is 5.73 Å². The van der Waals surface area contributed by atoms with Gasteiger partial charge in [0.2, 0.25) is 5.91 Å². The van der Waals surface area contributed by atoms with E-state index < -0.39 is 6.03 Å². The van der Waals surface area contributed by atoms with Crippen LogP contribution in [0.2, 0.25) is 0 Å². The second-order valence-electron chi connectivity index (χ2n) is 6.60. The van der Waals surface area contributed by atoms with Gasteiger partial charge in [-0.2, -0.15) is 0 Å². The van der Waals surface area contributed by atoms with Crippen LogP contribution in [0, 0.1) is 11.3 Å². The molecule has 1 saturated carbocycles. The summed E-state index contributed by atoms with van der Waals surface area (Å²) in [6, 6.07) is 6.96. The highest BCUT2D eigenvalue weighted by molar-refractivity contribution is 5.96. The summed E-state index contributed by atoms with van der Waals surface area (Å²) in [5.41, 5.74) is 6.55. The fraction of sp³-hybridized carbons (Fsp3) is 0.529. The summed E-state index contributed by atoms with van der Waals surface area (Å²) in [6.45, 7) is 2.12. The molecule has 0 spiro atoms. The van der Waals surface area contributed by atoms with Crippen LogP contribution in [0.3, 0.4) is 0 Å². The highest BCUT2D eigenvalue weighted by atomic mass is 16.2. The zero-order valence-electron chi connectivity index (χ0n) is 13.2. The fourth-order valence-electron chi connectivity index (χ4n) is 3.84. The first-order chi connectivity index (χ1) is 11.1. The van der Waals surface area contributed by atoms with Crippen molar-refractivity contribution in [1.29, 1.82) is 0 Å². The molecule has 5 N–H and O–H groups in total. The van der Waals surface area contributed by atoms with Gasteiger partial charge < -0.3 is 21.7 Å². The van der Waals surface area contributed by atoms with E-state index in [1.54, 1.807) is 0 Å². The van der Waals surface area contributed by atoms with Gasteiger partial charge in [0.15, 0.2) is 0 Å². The number of hydrogen-bond donors (Lipinski definition) is 4. The van der Waals surface area contributed by atoms with Crippen LogP contribution in [-0.4, -0.2) is 25.0 Å². The number of hydrogen-bond acceptors (Lipinski definition) is 3. The Kier molecular flexibility index (Phi) is 4.52. The van der Waals surface area contributed by atoms with E-state index in [-0.39, 0.29) is 11.3 Å². The molecule has 6 heteroatoms. The summed E-state index contributed by atoms with van der Waals surface area (Å²) in [7, 11) is 0. The molecule has 1 heterocycles. The normalized spacial score (nSPS) is 26.3. The molecule has 0 radical (unpaired) electrons. The van der Waals surface area contributed by atoms with E-state index in [2.05, 4.69) is 16.0 Å². The van der Waals surface area contributed by atoms with Gasteiger partial charge in [-0.05, 0) is 43.0 Å². The highest BCUT2D eigenvalue weighted by Gasteiger charge is 2.49. The van der Waals surface area contributed by atoms with Crippen LogP contribution in [0.25, 0.3) is 0 Å². The highest BCUT2D eigenvalue weighted by Crippen LogP contribution is 2.44. The standard InChI is InChI=1S/C17H24N4O2/c18-16(23)20-9-12-4-6-14(7-5-12)21-15(22)17-8-2-1-3-13(17)10-19-11-17/h4-7,13,19H,1-3,8-11H2,(H,21,22)(H3,18,20,23)/t13-,17+/m0/s1. The summed E-state index contributed by atoms with van der Waals surface area (Å²) in [4.78, 5) is 23.6. The topological polar surface area (TPSA) is 96.2 Å². The number of amides is 3. The van der Waals surface area contributed by atoms with E-state index in [1.165, 1.54) is 6.42 Å². The lowest BCUT2D eigenvalue weighted by Crippen LogP contribution is -2.44. The SMILES string of the molecule is NC(=O)NCc1ccc(NC(=O)[C@@]23CCCC[C@H]2CNC3)cc1. The average Bonchev–Trinajstić information content (AvgIpc) is 2.99. The Morgan fingerprint density at radius 3 is 2.78 bits per heavy atom. The van der Waals surface area contributed by atoms with Crippen LogP contribution in [0.5, 0.6) is 0 Å². The van der Waals surface area contributed by atoms with Gasteiger partial charge in [-0.3, -0.25) is 4.79 Å². The number of benzene rings is 1. The van der Waals surface area contributed by atoms with Crippen molar-refractivity contribution >= 4 is 17.6 Å². The predicted molar refractivity (Wildman–Crippen MR) is 88.8 cm³/mol. The lowest BCUT2D eigenvalue weighted by molar-refractivity contribution is -0.128. The van der Waals surface area contributed by atoms with Crippen LogP contribution in [0.1, 0.15) is 31.2 Å². The molecule has 1 aromatic carbocycles. The maximum Gasteiger partial charge on any atom is 0.312 e. The zero-order chi connectivity index (χ0) is 16.3. The van der Waals surface area contributed by atoms with Crippen molar-refractivity contribution in [2.75, 3.05) is 18.4 Å². The molecule has 1 aliphatic carbocycles. The molecule has 0 bridgehead atoms. The monoisotopic (exact) mass is 316 g/mol. The smallest absolute Gasteiger partial charge is 0.312 e. The Labute approximate surface area is 136 Å². The van der Waals surface area contributed by atoms with Gasteiger partial charge in [0.1, 0.15) is 0 Å². The summed E-state index contributed by atoms with van der Waals surface area (Å²) in [5, 5.41) is 9.02. The molecule has 23 heavy (non-hydrogen) atoms. The molecule has 0 aromatic heterocycles. The molecule has 3 amide bonds. The number of primary amides is 1. The number of carbonyl (C=O) groups is 2. The van der Waals surface area contributed by atoms with Crippen molar-refractivity contribution in [1.82, 2.24) is 10.6 Å². The van der Waals surface area contributed by atoms with Gasteiger partial charge >= 0.3 is 6.03 Å². The minimum atomic E-state index is -0.543. The molecule has 1 saturated heterocycles. The molecule has 2 fully saturated rings. The first kappa shape index (κ1) is 15.8. The average molecular weight is 316 g/mol. The molecule has 2 aliphatic rings. The number of nitrogens with one attached hydrogen (secondary N) is 3. The summed E-state index contributed by atoms with van der Waals surface area (Å²) in [5.74, 6) is 0.588.